The van der Waals surface area contributed by atoms with E-state index in [1.807, 2.05) is 18.2 Å². The molecule has 0 unspecified atom stereocenters. The van der Waals surface area contributed by atoms with E-state index in [1.165, 1.54) is 16.7 Å². The molecular formula is C16H19N. The maximum absolute atomic E-state index is 5.93. The van der Waals surface area contributed by atoms with Gasteiger partial charge in [-0.2, -0.15) is 0 Å². The van der Waals surface area contributed by atoms with Crippen molar-refractivity contribution < 1.29 is 0 Å². The SMILES string of the molecule is CCc1ccc(CCc2ccccc2N)cc1. The fourth-order valence-corrected chi connectivity index (χ4v) is 1.98. The molecule has 0 aromatic heterocycles. The zero-order chi connectivity index (χ0) is 12.1. The van der Waals surface area contributed by atoms with Gasteiger partial charge in [-0.3, -0.25) is 0 Å². The lowest BCUT2D eigenvalue weighted by Crippen LogP contribution is -1.96. The Morgan fingerprint density at radius 2 is 1.47 bits per heavy atom. The molecule has 0 aliphatic heterocycles. The van der Waals surface area contributed by atoms with Crippen LogP contribution < -0.4 is 5.73 Å². The van der Waals surface area contributed by atoms with Crippen LogP contribution in [0, 0.1) is 0 Å². The monoisotopic (exact) mass is 225 g/mol. The third-order valence-corrected chi connectivity index (χ3v) is 3.17. The fourth-order valence-electron chi connectivity index (χ4n) is 1.98. The first-order chi connectivity index (χ1) is 8.29. The van der Waals surface area contributed by atoms with Crippen LogP contribution in [0.5, 0.6) is 0 Å². The normalized spacial score (nSPS) is 10.4. The molecule has 0 bridgehead atoms. The first-order valence-electron chi connectivity index (χ1n) is 6.21. The summed E-state index contributed by atoms with van der Waals surface area (Å²) in [6, 6.07) is 17.0. The summed E-state index contributed by atoms with van der Waals surface area (Å²) in [5, 5.41) is 0. The summed E-state index contributed by atoms with van der Waals surface area (Å²) in [5.41, 5.74) is 10.8. The summed E-state index contributed by atoms with van der Waals surface area (Å²) in [6.45, 7) is 2.18. The Hall–Kier alpha value is -1.76. The lowest BCUT2D eigenvalue weighted by molar-refractivity contribution is 0.960. The van der Waals surface area contributed by atoms with Crippen LogP contribution in [0.4, 0.5) is 5.69 Å². The minimum atomic E-state index is 0.901. The second-order valence-corrected chi connectivity index (χ2v) is 4.37. The number of para-hydroxylation sites is 1. The largest absolute Gasteiger partial charge is 0.399 e. The zero-order valence-corrected chi connectivity index (χ0v) is 10.3. The standard InChI is InChI=1S/C16H19N/c1-2-13-7-9-14(10-8-13)11-12-15-5-3-4-6-16(15)17/h3-10H,2,11-12,17H2,1H3. The van der Waals surface area contributed by atoms with E-state index in [4.69, 9.17) is 5.73 Å². The molecule has 1 heteroatoms. The van der Waals surface area contributed by atoms with Crippen molar-refractivity contribution in [1.82, 2.24) is 0 Å². The molecule has 0 aliphatic carbocycles. The van der Waals surface area contributed by atoms with Crippen LogP contribution in [-0.4, -0.2) is 0 Å². The number of nitrogen functional groups attached to an aromatic ring is 1. The molecule has 0 atom stereocenters. The number of hydrogen-bond acceptors (Lipinski definition) is 1. The maximum atomic E-state index is 5.93. The van der Waals surface area contributed by atoms with E-state index in [0.717, 1.165) is 24.9 Å². The number of anilines is 1. The summed E-state index contributed by atoms with van der Waals surface area (Å²) in [4.78, 5) is 0. The lowest BCUT2D eigenvalue weighted by Gasteiger charge is -2.06. The van der Waals surface area contributed by atoms with Gasteiger partial charge in [-0.15, -0.1) is 0 Å². The molecule has 0 heterocycles. The summed E-state index contributed by atoms with van der Waals surface area (Å²) in [6.07, 6.45) is 3.17. The Morgan fingerprint density at radius 3 is 2.12 bits per heavy atom. The van der Waals surface area contributed by atoms with Crippen molar-refractivity contribution in [3.63, 3.8) is 0 Å². The topological polar surface area (TPSA) is 26.0 Å². The fraction of sp³-hybridized carbons (Fsp3) is 0.250. The second-order valence-electron chi connectivity index (χ2n) is 4.37. The van der Waals surface area contributed by atoms with E-state index >= 15 is 0 Å². The molecular weight excluding hydrogens is 206 g/mol. The number of nitrogens with two attached hydrogens (primary N) is 1. The molecule has 0 saturated carbocycles. The average Bonchev–Trinajstić information content (AvgIpc) is 2.38. The van der Waals surface area contributed by atoms with Gasteiger partial charge in [0.05, 0.1) is 0 Å². The molecule has 2 rings (SSSR count). The highest BCUT2D eigenvalue weighted by atomic mass is 14.6. The number of hydrogen-bond donors (Lipinski definition) is 1. The van der Waals surface area contributed by atoms with Crippen LogP contribution in [0.25, 0.3) is 0 Å². The highest BCUT2D eigenvalue weighted by Crippen LogP contribution is 2.14. The third-order valence-electron chi connectivity index (χ3n) is 3.17. The molecule has 0 radical (unpaired) electrons. The summed E-state index contributed by atoms with van der Waals surface area (Å²) in [7, 11) is 0. The van der Waals surface area contributed by atoms with Gasteiger partial charge < -0.3 is 5.73 Å². The molecule has 0 amide bonds. The summed E-state index contributed by atoms with van der Waals surface area (Å²) < 4.78 is 0. The van der Waals surface area contributed by atoms with Crippen molar-refractivity contribution in [1.29, 1.82) is 0 Å². The van der Waals surface area contributed by atoms with Crippen molar-refractivity contribution in [3.05, 3.63) is 65.2 Å². The molecule has 2 N–H and O–H groups in total. The van der Waals surface area contributed by atoms with Crippen LogP contribution in [-0.2, 0) is 19.3 Å². The van der Waals surface area contributed by atoms with Crippen molar-refractivity contribution in [2.75, 3.05) is 5.73 Å². The second kappa shape index (κ2) is 5.53. The summed E-state index contributed by atoms with van der Waals surface area (Å²) >= 11 is 0. The molecule has 2 aromatic rings. The van der Waals surface area contributed by atoms with E-state index in [1.54, 1.807) is 0 Å². The molecule has 0 saturated heterocycles. The molecule has 17 heavy (non-hydrogen) atoms. The van der Waals surface area contributed by atoms with Gasteiger partial charge in [0.25, 0.3) is 0 Å². The first kappa shape index (κ1) is 11.7. The number of aryl methyl sites for hydroxylation is 3. The van der Waals surface area contributed by atoms with E-state index in [-0.39, 0.29) is 0 Å². The summed E-state index contributed by atoms with van der Waals surface area (Å²) in [5.74, 6) is 0. The number of benzene rings is 2. The van der Waals surface area contributed by atoms with E-state index in [0.29, 0.717) is 0 Å². The third kappa shape index (κ3) is 3.10. The highest BCUT2D eigenvalue weighted by molar-refractivity contribution is 5.46. The van der Waals surface area contributed by atoms with E-state index in [9.17, 15) is 0 Å². The molecule has 1 nitrogen and oxygen atoms in total. The smallest absolute Gasteiger partial charge is 0.0346 e. The Kier molecular flexibility index (Phi) is 3.81. The quantitative estimate of drug-likeness (QED) is 0.790. The van der Waals surface area contributed by atoms with Crippen LogP contribution in [0.3, 0.4) is 0 Å². The van der Waals surface area contributed by atoms with Gasteiger partial charge >= 0.3 is 0 Å². The van der Waals surface area contributed by atoms with Gasteiger partial charge in [0.2, 0.25) is 0 Å². The Balaban J connectivity index is 2.00. The van der Waals surface area contributed by atoms with E-state index in [2.05, 4.69) is 37.3 Å². The minimum absolute atomic E-state index is 0.901. The Morgan fingerprint density at radius 1 is 0.824 bits per heavy atom. The van der Waals surface area contributed by atoms with Gasteiger partial charge in [-0.1, -0.05) is 49.4 Å². The molecule has 88 valence electrons. The lowest BCUT2D eigenvalue weighted by atomic mass is 10.0. The Bertz CT molecular complexity index is 471. The predicted molar refractivity (Wildman–Crippen MR) is 74.1 cm³/mol. The zero-order valence-electron chi connectivity index (χ0n) is 10.3. The van der Waals surface area contributed by atoms with Gasteiger partial charge in [0, 0.05) is 5.69 Å². The van der Waals surface area contributed by atoms with Crippen molar-refractivity contribution in [2.45, 2.75) is 26.2 Å². The molecule has 2 aromatic carbocycles. The van der Waals surface area contributed by atoms with Gasteiger partial charge in [-0.05, 0) is 42.0 Å². The van der Waals surface area contributed by atoms with Crippen molar-refractivity contribution in [2.24, 2.45) is 0 Å². The highest BCUT2D eigenvalue weighted by Gasteiger charge is 1.99. The van der Waals surface area contributed by atoms with Crippen molar-refractivity contribution >= 4 is 5.69 Å². The maximum Gasteiger partial charge on any atom is 0.0346 e. The Labute approximate surface area is 103 Å². The van der Waals surface area contributed by atoms with Crippen LogP contribution in [0.15, 0.2) is 48.5 Å². The van der Waals surface area contributed by atoms with Gasteiger partial charge in [-0.25, -0.2) is 0 Å². The first-order valence-corrected chi connectivity index (χ1v) is 6.21. The van der Waals surface area contributed by atoms with Gasteiger partial charge in [0.1, 0.15) is 0 Å². The predicted octanol–water partition coefficient (Wildman–Crippen LogP) is 3.62. The van der Waals surface area contributed by atoms with Gasteiger partial charge in [0.15, 0.2) is 0 Å². The molecule has 0 fully saturated rings. The van der Waals surface area contributed by atoms with E-state index < -0.39 is 0 Å². The van der Waals surface area contributed by atoms with Crippen LogP contribution in [0.1, 0.15) is 23.6 Å². The average molecular weight is 225 g/mol. The minimum Gasteiger partial charge on any atom is -0.399 e. The van der Waals surface area contributed by atoms with Crippen molar-refractivity contribution in [3.8, 4) is 0 Å². The molecule has 0 spiro atoms. The van der Waals surface area contributed by atoms with Crippen LogP contribution in [0.2, 0.25) is 0 Å². The van der Waals surface area contributed by atoms with Crippen LogP contribution >= 0.6 is 0 Å². The number of rotatable bonds is 4. The molecule has 0 aliphatic rings.